The maximum absolute atomic E-state index is 3.99. The van der Waals surface area contributed by atoms with Gasteiger partial charge >= 0.3 is 0 Å². The number of hydrogen-bond donors (Lipinski definition) is 2. The molecule has 0 aliphatic carbocycles. The van der Waals surface area contributed by atoms with Crippen LogP contribution in [0.15, 0.2) is 24.8 Å². The first-order valence-corrected chi connectivity index (χ1v) is 4.15. The highest BCUT2D eigenvalue weighted by Gasteiger charge is 2.00. The molecule has 2 rings (SSSR count). The summed E-state index contributed by atoms with van der Waals surface area (Å²) in [5, 5.41) is 6.01. The summed E-state index contributed by atoms with van der Waals surface area (Å²) in [6.45, 7) is 6.11. The molecule has 0 amide bonds. The number of aromatic amines is 2. The van der Waals surface area contributed by atoms with Gasteiger partial charge in [0.2, 0.25) is 0 Å². The van der Waals surface area contributed by atoms with Gasteiger partial charge in [-0.25, -0.2) is 0 Å². The van der Waals surface area contributed by atoms with Gasteiger partial charge in [-0.1, -0.05) is 19.6 Å². The zero-order valence-electron chi connectivity index (χ0n) is 7.15. The molecule has 1 aromatic carbocycles. The van der Waals surface area contributed by atoms with Gasteiger partial charge in [0.1, 0.15) is 0 Å². The highest BCUT2D eigenvalue weighted by Crippen LogP contribution is 2.20. The topological polar surface area (TPSA) is 31.6 Å². The lowest BCUT2D eigenvalue weighted by Gasteiger charge is -2.07. The van der Waals surface area contributed by atoms with Crippen LogP contribution in [0.2, 0.25) is 0 Å². The van der Waals surface area contributed by atoms with E-state index in [0.29, 0.717) is 0 Å². The molecule has 0 aliphatic heterocycles. The highest BCUT2D eigenvalue weighted by atomic mass is 15.1. The molecule has 0 saturated carbocycles. The minimum Gasteiger partial charge on any atom is -0.299 e. The Balaban J connectivity index is 2.45. The van der Waals surface area contributed by atoms with Gasteiger partial charge < -0.3 is 0 Å². The van der Waals surface area contributed by atoms with Crippen LogP contribution in [0.25, 0.3) is 16.6 Å². The molecule has 2 N–H and O–H groups in total. The maximum Gasteiger partial charge on any atom is 0.0795 e. The molecule has 0 radical (unpaired) electrons. The van der Waals surface area contributed by atoms with Crippen molar-refractivity contribution in [1.29, 1.82) is 0 Å². The van der Waals surface area contributed by atoms with E-state index in [1.54, 1.807) is 0 Å². The Hall–Kier alpha value is -1.44. The summed E-state index contributed by atoms with van der Waals surface area (Å²) in [4.78, 5) is 0. The van der Waals surface area contributed by atoms with Crippen molar-refractivity contribution in [2.75, 3.05) is 0 Å². The fourth-order valence-electron chi connectivity index (χ4n) is 1.25. The molecule has 0 saturated heterocycles. The van der Waals surface area contributed by atoms with Crippen molar-refractivity contribution in [2.45, 2.75) is 13.3 Å². The molecule has 12 heavy (non-hydrogen) atoms. The monoisotopic (exact) mass is 160 g/mol. The number of aromatic nitrogens is 2. The Labute approximate surface area is 71.3 Å². The van der Waals surface area contributed by atoms with E-state index in [4.69, 9.17) is 0 Å². The van der Waals surface area contributed by atoms with Crippen molar-refractivity contribution < 1.29 is 0 Å². The van der Waals surface area contributed by atoms with Gasteiger partial charge in [0.25, 0.3) is 0 Å². The summed E-state index contributed by atoms with van der Waals surface area (Å²) >= 11 is 0. The Bertz CT molecular complexity index is 406. The Morgan fingerprint density at radius 3 is 2.58 bits per heavy atom. The van der Waals surface area contributed by atoms with E-state index in [-0.39, 0.29) is 0 Å². The zero-order valence-corrected chi connectivity index (χ0v) is 7.15. The molecule has 1 heterocycles. The molecule has 0 aliphatic rings. The largest absolute Gasteiger partial charge is 0.299 e. The minimum absolute atomic E-state index is 1.01. The van der Waals surface area contributed by atoms with Crippen LogP contribution >= 0.6 is 0 Å². The van der Waals surface area contributed by atoms with Crippen molar-refractivity contribution in [2.24, 2.45) is 0 Å². The van der Waals surface area contributed by atoms with Gasteiger partial charge in [-0.05, 0) is 29.7 Å². The molecule has 0 spiro atoms. The van der Waals surface area contributed by atoms with E-state index in [1.165, 1.54) is 22.2 Å². The van der Waals surface area contributed by atoms with Crippen molar-refractivity contribution in [3.8, 4) is 0 Å². The number of H-pyrrole nitrogens is 2. The average molecular weight is 160 g/mol. The SMILES string of the molecule is C=C(CC)c1ccc2[nH][nH]c2c1. The van der Waals surface area contributed by atoms with Crippen LogP contribution < -0.4 is 0 Å². The zero-order chi connectivity index (χ0) is 8.55. The van der Waals surface area contributed by atoms with E-state index in [0.717, 1.165) is 6.42 Å². The van der Waals surface area contributed by atoms with Gasteiger partial charge in [-0.15, -0.1) is 0 Å². The lowest BCUT2D eigenvalue weighted by atomic mass is 10.0. The highest BCUT2D eigenvalue weighted by molar-refractivity contribution is 5.81. The van der Waals surface area contributed by atoms with Crippen LogP contribution in [0.3, 0.4) is 0 Å². The first kappa shape index (κ1) is 7.22. The van der Waals surface area contributed by atoms with Crippen molar-refractivity contribution in [3.63, 3.8) is 0 Å². The van der Waals surface area contributed by atoms with Crippen LogP contribution in [0.4, 0.5) is 0 Å². The second-order valence-electron chi connectivity index (χ2n) is 2.97. The molecule has 2 nitrogen and oxygen atoms in total. The minimum atomic E-state index is 1.01. The summed E-state index contributed by atoms with van der Waals surface area (Å²) < 4.78 is 0. The molecular weight excluding hydrogens is 148 g/mol. The second-order valence-corrected chi connectivity index (χ2v) is 2.97. The van der Waals surface area contributed by atoms with Crippen LogP contribution in [0, 0.1) is 0 Å². The Kier molecular flexibility index (Phi) is 1.54. The lowest BCUT2D eigenvalue weighted by Crippen LogP contribution is -1.92. The third-order valence-corrected chi connectivity index (χ3v) is 2.19. The Morgan fingerprint density at radius 1 is 1.33 bits per heavy atom. The Morgan fingerprint density at radius 2 is 2.08 bits per heavy atom. The van der Waals surface area contributed by atoms with Gasteiger partial charge in [-0.2, -0.15) is 0 Å². The third kappa shape index (κ3) is 0.961. The van der Waals surface area contributed by atoms with Gasteiger partial charge in [0, 0.05) is 0 Å². The number of nitrogens with one attached hydrogen (secondary N) is 2. The van der Waals surface area contributed by atoms with Gasteiger partial charge in [-0.3, -0.25) is 10.2 Å². The summed E-state index contributed by atoms with van der Waals surface area (Å²) in [7, 11) is 0. The van der Waals surface area contributed by atoms with E-state index in [9.17, 15) is 0 Å². The van der Waals surface area contributed by atoms with Crippen LogP contribution in [-0.4, -0.2) is 10.2 Å². The molecular formula is C10H12N2. The van der Waals surface area contributed by atoms with Crippen LogP contribution in [0.1, 0.15) is 18.9 Å². The van der Waals surface area contributed by atoms with E-state index >= 15 is 0 Å². The molecule has 0 fully saturated rings. The smallest absolute Gasteiger partial charge is 0.0795 e. The molecule has 1 aromatic heterocycles. The number of hydrogen-bond acceptors (Lipinski definition) is 0. The maximum atomic E-state index is 3.99. The van der Waals surface area contributed by atoms with Crippen LogP contribution in [-0.2, 0) is 0 Å². The average Bonchev–Trinajstić information content (AvgIpc) is 2.06. The van der Waals surface area contributed by atoms with Crippen molar-refractivity contribution >= 4 is 16.6 Å². The summed E-state index contributed by atoms with van der Waals surface area (Å²) in [6, 6.07) is 6.29. The normalized spacial score (nSPS) is 10.8. The predicted molar refractivity (Wildman–Crippen MR) is 52.0 cm³/mol. The molecule has 2 heteroatoms. The molecule has 0 unspecified atom stereocenters. The fraction of sp³-hybridized carbons (Fsp3) is 0.200. The first-order valence-electron chi connectivity index (χ1n) is 4.15. The lowest BCUT2D eigenvalue weighted by molar-refractivity contribution is 1.07. The molecule has 0 atom stereocenters. The van der Waals surface area contributed by atoms with Gasteiger partial charge in [0.15, 0.2) is 0 Å². The van der Waals surface area contributed by atoms with Crippen molar-refractivity contribution in [1.82, 2.24) is 10.2 Å². The number of rotatable bonds is 2. The van der Waals surface area contributed by atoms with E-state index < -0.39 is 0 Å². The number of allylic oxidation sites excluding steroid dienone is 1. The van der Waals surface area contributed by atoms with E-state index in [2.05, 4.69) is 41.9 Å². The molecule has 2 aromatic rings. The standard InChI is InChI=1S/C10H12N2/c1-3-7(2)8-4-5-9-10(6-8)12-11-9/h4-6,11-12H,2-3H2,1H3. The summed E-state index contributed by atoms with van der Waals surface area (Å²) in [6.07, 6.45) is 1.01. The summed E-state index contributed by atoms with van der Waals surface area (Å²) in [5.74, 6) is 0. The predicted octanol–water partition coefficient (Wildman–Crippen LogP) is 2.92. The molecule has 62 valence electrons. The van der Waals surface area contributed by atoms with E-state index in [1.807, 2.05) is 0 Å². The number of fused-ring (bicyclic) bond motifs is 1. The third-order valence-electron chi connectivity index (χ3n) is 2.19. The first-order chi connectivity index (χ1) is 5.81. The van der Waals surface area contributed by atoms with Crippen molar-refractivity contribution in [3.05, 3.63) is 30.3 Å². The quantitative estimate of drug-likeness (QED) is 0.677. The summed E-state index contributed by atoms with van der Waals surface area (Å²) in [5.41, 5.74) is 4.75. The fourth-order valence-corrected chi connectivity index (χ4v) is 1.25. The second kappa shape index (κ2) is 2.55. The molecule has 0 bridgehead atoms. The van der Waals surface area contributed by atoms with Crippen LogP contribution in [0.5, 0.6) is 0 Å². The van der Waals surface area contributed by atoms with Gasteiger partial charge in [0.05, 0.1) is 11.0 Å². The number of benzene rings is 1.